The Balaban J connectivity index is 1.31. The summed E-state index contributed by atoms with van der Waals surface area (Å²) in [6.45, 7) is 1.23. The largest absolute Gasteiger partial charge is 0.482 e. The molecule has 11 heteroatoms. The van der Waals surface area contributed by atoms with E-state index in [2.05, 4.69) is 17.2 Å². The van der Waals surface area contributed by atoms with E-state index < -0.39 is 21.4 Å². The smallest absolute Gasteiger partial charge is 0.316 e. The molecule has 1 aliphatic heterocycles. The summed E-state index contributed by atoms with van der Waals surface area (Å²) >= 11 is 1.19. The lowest BCUT2D eigenvalue weighted by molar-refractivity contribution is 0.209. The Morgan fingerprint density at radius 2 is 1.58 bits per heavy atom. The first-order chi connectivity index (χ1) is 18.4. The first-order valence-electron chi connectivity index (χ1n) is 12.3. The standard InChI is InChI=1S/C27H25FN4O4S2/c28-22-8-3-4-9-23(22)32-27(33)26(36-21-16-19-6-1-2-7-20(19)17-21)24(18-29-32)30-11-13-31(14-12-30)38(34,35)25-10-5-15-37-25/h1-10,15,18,21H,11-14,16-17H2. The summed E-state index contributed by atoms with van der Waals surface area (Å²) in [5.41, 5.74) is 2.31. The molecule has 1 aliphatic carbocycles. The van der Waals surface area contributed by atoms with Crippen molar-refractivity contribution in [3.8, 4) is 11.4 Å². The van der Waals surface area contributed by atoms with Crippen molar-refractivity contribution in [1.82, 2.24) is 14.1 Å². The molecule has 8 nitrogen and oxygen atoms in total. The van der Waals surface area contributed by atoms with Crippen LogP contribution < -0.4 is 15.2 Å². The Morgan fingerprint density at radius 3 is 2.24 bits per heavy atom. The molecule has 4 aromatic rings. The van der Waals surface area contributed by atoms with Gasteiger partial charge in [0.1, 0.15) is 27.5 Å². The molecule has 196 valence electrons. The average molecular weight is 553 g/mol. The summed E-state index contributed by atoms with van der Waals surface area (Å²) in [5, 5.41) is 6.02. The van der Waals surface area contributed by atoms with Crippen LogP contribution in [0.3, 0.4) is 0 Å². The highest BCUT2D eigenvalue weighted by molar-refractivity contribution is 7.91. The normalized spacial score (nSPS) is 16.5. The molecule has 0 unspecified atom stereocenters. The van der Waals surface area contributed by atoms with Crippen LogP contribution in [0.15, 0.2) is 81.2 Å². The number of anilines is 1. The van der Waals surface area contributed by atoms with Crippen molar-refractivity contribution in [3.05, 3.63) is 99.5 Å². The number of halogens is 1. The van der Waals surface area contributed by atoms with Crippen LogP contribution in [0.25, 0.3) is 5.69 Å². The lowest BCUT2D eigenvalue weighted by Crippen LogP contribution is -2.49. The van der Waals surface area contributed by atoms with Crippen molar-refractivity contribution >= 4 is 27.0 Å². The van der Waals surface area contributed by atoms with Gasteiger partial charge in [0.05, 0.1) is 6.20 Å². The maximum atomic E-state index is 14.6. The first-order valence-corrected chi connectivity index (χ1v) is 14.6. The summed E-state index contributed by atoms with van der Waals surface area (Å²) in [7, 11) is -3.57. The van der Waals surface area contributed by atoms with Crippen LogP contribution in [0.4, 0.5) is 10.1 Å². The van der Waals surface area contributed by atoms with Crippen molar-refractivity contribution in [3.63, 3.8) is 0 Å². The number of fused-ring (bicyclic) bond motifs is 1. The predicted octanol–water partition coefficient (Wildman–Crippen LogP) is 3.49. The predicted molar refractivity (Wildman–Crippen MR) is 143 cm³/mol. The van der Waals surface area contributed by atoms with E-state index in [-0.39, 0.29) is 30.6 Å². The van der Waals surface area contributed by atoms with E-state index >= 15 is 0 Å². The molecule has 2 aromatic heterocycles. The van der Waals surface area contributed by atoms with E-state index in [1.165, 1.54) is 45.1 Å². The molecule has 2 aliphatic rings. The second kappa shape index (κ2) is 9.97. The number of sulfonamides is 1. The number of ether oxygens (including phenoxy) is 1. The van der Waals surface area contributed by atoms with Crippen LogP contribution in [0.1, 0.15) is 11.1 Å². The van der Waals surface area contributed by atoms with Gasteiger partial charge in [-0.2, -0.15) is 14.1 Å². The van der Waals surface area contributed by atoms with Crippen LogP contribution in [-0.2, 0) is 22.9 Å². The fourth-order valence-corrected chi connectivity index (χ4v) is 7.60. The van der Waals surface area contributed by atoms with Crippen molar-refractivity contribution in [2.24, 2.45) is 0 Å². The van der Waals surface area contributed by atoms with Gasteiger partial charge in [0.25, 0.3) is 10.0 Å². The van der Waals surface area contributed by atoms with Gasteiger partial charge >= 0.3 is 5.56 Å². The average Bonchev–Trinajstić information content (AvgIpc) is 3.61. The Bertz CT molecular complexity index is 1610. The molecule has 6 rings (SSSR count). The van der Waals surface area contributed by atoms with Crippen molar-refractivity contribution in [2.75, 3.05) is 31.1 Å². The minimum Gasteiger partial charge on any atom is -0.482 e. The number of rotatable bonds is 6. The van der Waals surface area contributed by atoms with E-state index in [4.69, 9.17) is 4.74 Å². The monoisotopic (exact) mass is 552 g/mol. The summed E-state index contributed by atoms with van der Waals surface area (Å²) in [6.07, 6.45) is 2.57. The summed E-state index contributed by atoms with van der Waals surface area (Å²) in [4.78, 5) is 15.6. The van der Waals surface area contributed by atoms with Gasteiger partial charge in [0.2, 0.25) is 5.75 Å². The van der Waals surface area contributed by atoms with Gasteiger partial charge in [-0.25, -0.2) is 12.8 Å². The number of nitrogens with zero attached hydrogens (tertiary/aromatic N) is 4. The Hall–Kier alpha value is -3.54. The van der Waals surface area contributed by atoms with Crippen molar-refractivity contribution in [1.29, 1.82) is 0 Å². The fraction of sp³-hybridized carbons (Fsp3) is 0.259. The fourth-order valence-electron chi connectivity index (χ4n) is 5.04. The van der Waals surface area contributed by atoms with Gasteiger partial charge in [-0.3, -0.25) is 4.79 Å². The molecule has 1 fully saturated rings. The Kier molecular flexibility index (Phi) is 6.50. The van der Waals surface area contributed by atoms with Gasteiger partial charge in [-0.15, -0.1) is 11.3 Å². The molecule has 0 saturated carbocycles. The Morgan fingerprint density at radius 1 is 0.895 bits per heavy atom. The van der Waals surface area contributed by atoms with Crippen LogP contribution >= 0.6 is 11.3 Å². The zero-order valence-electron chi connectivity index (χ0n) is 20.4. The maximum absolute atomic E-state index is 14.6. The molecule has 3 heterocycles. The van der Waals surface area contributed by atoms with E-state index in [0.29, 0.717) is 35.8 Å². The summed E-state index contributed by atoms with van der Waals surface area (Å²) < 4.78 is 49.7. The van der Waals surface area contributed by atoms with E-state index in [1.807, 2.05) is 17.0 Å². The zero-order chi connectivity index (χ0) is 26.3. The maximum Gasteiger partial charge on any atom is 0.316 e. The minimum atomic E-state index is -3.57. The van der Waals surface area contributed by atoms with E-state index in [9.17, 15) is 17.6 Å². The molecule has 38 heavy (non-hydrogen) atoms. The summed E-state index contributed by atoms with van der Waals surface area (Å²) in [6, 6.07) is 17.3. The number of aromatic nitrogens is 2. The highest BCUT2D eigenvalue weighted by Gasteiger charge is 2.32. The van der Waals surface area contributed by atoms with Gasteiger partial charge in [0, 0.05) is 39.0 Å². The van der Waals surface area contributed by atoms with E-state index in [1.54, 1.807) is 29.6 Å². The third kappa shape index (κ3) is 4.50. The molecular weight excluding hydrogens is 527 g/mol. The van der Waals surface area contributed by atoms with Gasteiger partial charge in [-0.05, 0) is 34.7 Å². The van der Waals surface area contributed by atoms with Crippen molar-refractivity contribution in [2.45, 2.75) is 23.2 Å². The third-order valence-corrected chi connectivity index (χ3v) is 10.2. The van der Waals surface area contributed by atoms with Crippen molar-refractivity contribution < 1.29 is 17.5 Å². The van der Waals surface area contributed by atoms with Gasteiger partial charge in [-0.1, -0.05) is 42.5 Å². The molecule has 0 radical (unpaired) electrons. The molecule has 0 amide bonds. The topological polar surface area (TPSA) is 84.7 Å². The summed E-state index contributed by atoms with van der Waals surface area (Å²) in [5.74, 6) is -0.475. The molecule has 0 atom stereocenters. The molecule has 0 spiro atoms. The number of hydrogen-bond donors (Lipinski definition) is 0. The number of piperazine rings is 1. The van der Waals surface area contributed by atoms with Gasteiger partial charge in [0.15, 0.2) is 0 Å². The highest BCUT2D eigenvalue weighted by atomic mass is 32.2. The number of thiophene rings is 1. The quantitative estimate of drug-likeness (QED) is 0.364. The molecular formula is C27H25FN4O4S2. The first kappa shape index (κ1) is 24.8. The number of para-hydroxylation sites is 1. The highest BCUT2D eigenvalue weighted by Crippen LogP contribution is 2.31. The lowest BCUT2D eigenvalue weighted by atomic mass is 10.1. The van der Waals surface area contributed by atoms with Crippen LogP contribution in [0.5, 0.6) is 5.75 Å². The zero-order valence-corrected chi connectivity index (χ0v) is 22.0. The van der Waals surface area contributed by atoms with Crippen LogP contribution in [-0.4, -0.2) is 54.8 Å². The second-order valence-electron chi connectivity index (χ2n) is 9.27. The lowest BCUT2D eigenvalue weighted by Gasteiger charge is -2.35. The van der Waals surface area contributed by atoms with Crippen LogP contribution in [0, 0.1) is 5.82 Å². The second-order valence-corrected chi connectivity index (χ2v) is 12.4. The Labute approximate surface area is 223 Å². The molecule has 2 aromatic carbocycles. The van der Waals surface area contributed by atoms with E-state index in [0.717, 1.165) is 4.68 Å². The third-order valence-electron chi connectivity index (χ3n) is 6.96. The number of benzene rings is 2. The SMILES string of the molecule is O=c1c(OC2Cc3ccccc3C2)c(N2CCN(S(=O)(=O)c3cccs3)CC2)cnn1-c1ccccc1F. The van der Waals surface area contributed by atoms with Gasteiger partial charge < -0.3 is 9.64 Å². The van der Waals surface area contributed by atoms with Crippen LogP contribution in [0.2, 0.25) is 0 Å². The molecule has 1 saturated heterocycles. The molecule has 0 N–H and O–H groups in total. The molecule has 0 bridgehead atoms. The minimum absolute atomic E-state index is 0.0375. The number of hydrogen-bond acceptors (Lipinski definition) is 7.